The number of hydrogen-bond donors (Lipinski definition) is 1. The Hall–Kier alpha value is -1.92. The van der Waals surface area contributed by atoms with Crippen molar-refractivity contribution in [2.75, 3.05) is 39.4 Å². The van der Waals surface area contributed by atoms with E-state index >= 15 is 0 Å². The molecule has 1 atom stereocenters. The van der Waals surface area contributed by atoms with E-state index in [-0.39, 0.29) is 17.2 Å². The number of ether oxygens (including phenoxy) is 1. The summed E-state index contributed by atoms with van der Waals surface area (Å²) in [4.78, 5) is 29.1. The van der Waals surface area contributed by atoms with Crippen LogP contribution in [0.15, 0.2) is 24.3 Å². The number of hydrogen-bond acceptors (Lipinski definition) is 4. The number of nitrogens with two attached hydrogens (primary N) is 1. The molecule has 2 heterocycles. The second kappa shape index (κ2) is 7.00. The lowest BCUT2D eigenvalue weighted by Crippen LogP contribution is -2.63. The Morgan fingerprint density at radius 1 is 1.12 bits per heavy atom. The van der Waals surface area contributed by atoms with Crippen LogP contribution in [0.2, 0.25) is 0 Å². The lowest BCUT2D eigenvalue weighted by molar-refractivity contribution is -0.131. The molecule has 2 N–H and O–H groups in total. The number of amides is 2. The maximum Gasteiger partial charge on any atom is 0.254 e. The average molecular weight is 359 g/mol. The molecule has 142 valence electrons. The van der Waals surface area contributed by atoms with Crippen molar-refractivity contribution < 1.29 is 14.3 Å². The summed E-state index contributed by atoms with van der Waals surface area (Å²) in [6.07, 6.45) is 0.628. The summed E-state index contributed by atoms with van der Waals surface area (Å²) in [7, 11) is 0. The first kappa shape index (κ1) is 18.9. The third-order valence-corrected chi connectivity index (χ3v) is 5.60. The van der Waals surface area contributed by atoms with Crippen molar-refractivity contribution in [1.29, 1.82) is 0 Å². The Kier molecular flexibility index (Phi) is 5.08. The van der Waals surface area contributed by atoms with Gasteiger partial charge in [-0.05, 0) is 17.0 Å². The molecule has 0 aromatic heterocycles. The zero-order valence-corrected chi connectivity index (χ0v) is 16.0. The molecular formula is C20H29N3O3. The van der Waals surface area contributed by atoms with Crippen LogP contribution < -0.4 is 5.73 Å². The maximum absolute atomic E-state index is 13.1. The van der Waals surface area contributed by atoms with Gasteiger partial charge in [-0.25, -0.2) is 0 Å². The summed E-state index contributed by atoms with van der Waals surface area (Å²) < 4.78 is 5.45. The molecule has 2 saturated heterocycles. The summed E-state index contributed by atoms with van der Waals surface area (Å²) in [6.45, 7) is 9.71. The van der Waals surface area contributed by atoms with Gasteiger partial charge in [0.2, 0.25) is 5.91 Å². The van der Waals surface area contributed by atoms with E-state index in [2.05, 4.69) is 25.7 Å². The van der Waals surface area contributed by atoms with E-state index in [4.69, 9.17) is 10.5 Å². The van der Waals surface area contributed by atoms with Crippen molar-refractivity contribution >= 4 is 11.8 Å². The largest absolute Gasteiger partial charge is 0.379 e. The highest BCUT2D eigenvalue weighted by molar-refractivity contribution is 5.96. The Bertz CT molecular complexity index is 682. The Labute approximate surface area is 155 Å². The number of carbonyl (C=O) groups is 2. The fourth-order valence-electron chi connectivity index (χ4n) is 3.99. The third-order valence-electron chi connectivity index (χ3n) is 5.60. The van der Waals surface area contributed by atoms with E-state index in [1.807, 2.05) is 29.2 Å². The van der Waals surface area contributed by atoms with Gasteiger partial charge in [0.15, 0.2) is 0 Å². The van der Waals surface area contributed by atoms with Gasteiger partial charge in [0.1, 0.15) is 5.54 Å². The van der Waals surface area contributed by atoms with Crippen LogP contribution in [0.1, 0.15) is 43.1 Å². The molecule has 2 aliphatic heterocycles. The van der Waals surface area contributed by atoms with Crippen LogP contribution in [-0.4, -0.2) is 66.5 Å². The quantitative estimate of drug-likeness (QED) is 0.885. The minimum absolute atomic E-state index is 0.0611. The van der Waals surface area contributed by atoms with Gasteiger partial charge in [-0.15, -0.1) is 0 Å². The van der Waals surface area contributed by atoms with E-state index in [0.717, 1.165) is 11.1 Å². The number of piperazine rings is 1. The molecule has 6 nitrogen and oxygen atoms in total. The fraction of sp³-hybridized carbons (Fsp3) is 0.600. The summed E-state index contributed by atoms with van der Waals surface area (Å²) in [5.74, 6) is -0.265. The predicted octanol–water partition coefficient (Wildman–Crippen LogP) is 1.39. The highest BCUT2D eigenvalue weighted by Gasteiger charge is 2.47. The van der Waals surface area contributed by atoms with E-state index < -0.39 is 5.54 Å². The van der Waals surface area contributed by atoms with E-state index in [0.29, 0.717) is 45.8 Å². The molecular weight excluding hydrogens is 330 g/mol. The number of benzene rings is 1. The predicted molar refractivity (Wildman–Crippen MR) is 100.0 cm³/mol. The second-order valence-corrected chi connectivity index (χ2v) is 8.27. The smallest absolute Gasteiger partial charge is 0.254 e. The second-order valence-electron chi connectivity index (χ2n) is 8.27. The van der Waals surface area contributed by atoms with Crippen LogP contribution in [0.3, 0.4) is 0 Å². The molecule has 0 spiro atoms. The fourth-order valence-corrected chi connectivity index (χ4v) is 3.99. The zero-order chi connectivity index (χ0) is 18.9. The van der Waals surface area contributed by atoms with E-state index in [9.17, 15) is 9.59 Å². The molecule has 1 aromatic carbocycles. The number of primary amides is 1. The van der Waals surface area contributed by atoms with Crippen LogP contribution in [0, 0.1) is 0 Å². The van der Waals surface area contributed by atoms with Crippen molar-refractivity contribution in [2.45, 2.75) is 38.1 Å². The Morgan fingerprint density at radius 2 is 1.77 bits per heavy atom. The van der Waals surface area contributed by atoms with Crippen LogP contribution in [0.4, 0.5) is 0 Å². The normalized spacial score (nSPS) is 24.7. The van der Waals surface area contributed by atoms with Gasteiger partial charge in [0, 0.05) is 44.8 Å². The lowest BCUT2D eigenvalue weighted by atomic mass is 9.83. The van der Waals surface area contributed by atoms with Crippen molar-refractivity contribution in [3.63, 3.8) is 0 Å². The number of carbonyl (C=O) groups excluding carboxylic acids is 2. The van der Waals surface area contributed by atoms with Crippen LogP contribution in [0.25, 0.3) is 0 Å². The maximum atomic E-state index is 13.1. The molecule has 26 heavy (non-hydrogen) atoms. The van der Waals surface area contributed by atoms with Crippen LogP contribution in [-0.2, 0) is 14.9 Å². The molecule has 0 aliphatic carbocycles. The first-order valence-electron chi connectivity index (χ1n) is 9.27. The van der Waals surface area contributed by atoms with Gasteiger partial charge in [0.25, 0.3) is 5.91 Å². The van der Waals surface area contributed by atoms with Gasteiger partial charge >= 0.3 is 0 Å². The molecule has 0 saturated carbocycles. The number of nitrogens with zero attached hydrogens (tertiary/aromatic N) is 2. The van der Waals surface area contributed by atoms with Gasteiger partial charge in [-0.3, -0.25) is 14.5 Å². The summed E-state index contributed by atoms with van der Waals surface area (Å²) in [6, 6.07) is 7.83. The Balaban J connectivity index is 1.73. The number of rotatable bonds is 3. The van der Waals surface area contributed by atoms with Crippen molar-refractivity contribution in [3.8, 4) is 0 Å². The van der Waals surface area contributed by atoms with Crippen molar-refractivity contribution in [3.05, 3.63) is 35.4 Å². The SMILES string of the molecule is CC(C)(C)c1ccccc1C(=O)N1CCN(C2(C(N)=O)CCOC2)CC1. The highest BCUT2D eigenvalue weighted by Crippen LogP contribution is 2.29. The molecule has 2 amide bonds. The molecule has 2 aliphatic rings. The molecule has 0 bridgehead atoms. The van der Waals surface area contributed by atoms with Gasteiger partial charge in [-0.1, -0.05) is 39.0 Å². The average Bonchev–Trinajstić information content (AvgIpc) is 3.12. The van der Waals surface area contributed by atoms with Gasteiger partial charge in [0.05, 0.1) is 6.61 Å². The summed E-state index contributed by atoms with van der Waals surface area (Å²) in [5, 5.41) is 0. The molecule has 0 radical (unpaired) electrons. The molecule has 6 heteroatoms. The molecule has 2 fully saturated rings. The van der Waals surface area contributed by atoms with E-state index in [1.54, 1.807) is 0 Å². The van der Waals surface area contributed by atoms with E-state index in [1.165, 1.54) is 0 Å². The minimum atomic E-state index is -0.710. The first-order valence-corrected chi connectivity index (χ1v) is 9.27. The van der Waals surface area contributed by atoms with Gasteiger partial charge in [-0.2, -0.15) is 0 Å². The monoisotopic (exact) mass is 359 g/mol. The summed E-state index contributed by atoms with van der Waals surface area (Å²) in [5.41, 5.74) is 6.70. The minimum Gasteiger partial charge on any atom is -0.379 e. The van der Waals surface area contributed by atoms with Gasteiger partial charge < -0.3 is 15.4 Å². The standard InChI is InChI=1S/C20H29N3O3/c1-19(2,3)16-7-5-4-6-15(16)17(24)22-9-11-23(12-10-22)20(18(21)25)8-13-26-14-20/h4-7H,8-14H2,1-3H3,(H2,21,25). The van der Waals surface area contributed by atoms with Crippen LogP contribution in [0.5, 0.6) is 0 Å². The summed E-state index contributed by atoms with van der Waals surface area (Å²) >= 11 is 0. The zero-order valence-electron chi connectivity index (χ0n) is 16.0. The van der Waals surface area contributed by atoms with Crippen LogP contribution >= 0.6 is 0 Å². The Morgan fingerprint density at radius 3 is 2.31 bits per heavy atom. The highest BCUT2D eigenvalue weighted by atomic mass is 16.5. The third kappa shape index (κ3) is 3.35. The van der Waals surface area contributed by atoms with Crippen molar-refractivity contribution in [1.82, 2.24) is 9.80 Å². The molecule has 1 unspecified atom stereocenters. The van der Waals surface area contributed by atoms with Crippen molar-refractivity contribution in [2.24, 2.45) is 5.73 Å². The lowest BCUT2D eigenvalue weighted by Gasteiger charge is -2.43. The topological polar surface area (TPSA) is 75.9 Å². The first-order chi connectivity index (χ1) is 12.3. The molecule has 1 aromatic rings. The molecule has 3 rings (SSSR count).